The summed E-state index contributed by atoms with van der Waals surface area (Å²) in [4.78, 5) is 35.8. The number of aromatic nitrogens is 2. The summed E-state index contributed by atoms with van der Waals surface area (Å²) in [5, 5.41) is 0. The number of unbranched alkanes of at least 4 members (excludes halogenated alkanes) is 3. The first-order valence-electron chi connectivity index (χ1n) is 10.0. The van der Waals surface area contributed by atoms with Crippen molar-refractivity contribution < 1.29 is 9.53 Å². The Bertz CT molecular complexity index is 718. The molecule has 1 atom stereocenters. The molecule has 27 heavy (non-hydrogen) atoms. The van der Waals surface area contributed by atoms with E-state index in [-0.39, 0.29) is 23.1 Å². The van der Waals surface area contributed by atoms with Crippen molar-refractivity contribution >= 4 is 5.97 Å². The average Bonchev–Trinajstić information content (AvgIpc) is 2.59. The number of esters is 1. The van der Waals surface area contributed by atoms with Crippen LogP contribution in [0.2, 0.25) is 0 Å². The number of nitrogens with zero attached hydrogens (tertiary/aromatic N) is 2. The normalized spacial score (nSPS) is 13.8. The highest BCUT2D eigenvalue weighted by atomic mass is 16.5. The fourth-order valence-corrected chi connectivity index (χ4v) is 3.26. The molecule has 0 radical (unpaired) electrons. The van der Waals surface area contributed by atoms with Gasteiger partial charge in [-0.1, -0.05) is 34.1 Å². The molecule has 0 saturated heterocycles. The van der Waals surface area contributed by atoms with E-state index in [1.165, 1.54) is 13.1 Å². The molecule has 0 amide bonds. The summed E-state index contributed by atoms with van der Waals surface area (Å²) in [5.41, 5.74) is -1.00. The smallest absolute Gasteiger partial charge is 0.330 e. The van der Waals surface area contributed by atoms with Crippen molar-refractivity contribution in [3.05, 3.63) is 33.1 Å². The molecular weight excluding hydrogens is 344 g/mol. The first-order chi connectivity index (χ1) is 12.6. The Balaban J connectivity index is 2.33. The molecule has 0 spiro atoms. The molecule has 1 heterocycles. The van der Waals surface area contributed by atoms with Crippen molar-refractivity contribution in [1.29, 1.82) is 0 Å². The maximum Gasteiger partial charge on any atom is 0.330 e. The molecule has 1 aromatic rings. The maximum absolute atomic E-state index is 12.5. The van der Waals surface area contributed by atoms with Gasteiger partial charge in [-0.25, -0.2) is 4.79 Å². The van der Waals surface area contributed by atoms with Gasteiger partial charge >= 0.3 is 11.7 Å². The third-order valence-corrected chi connectivity index (χ3v) is 5.36. The maximum atomic E-state index is 12.5. The lowest BCUT2D eigenvalue weighted by atomic mass is 9.73. The molecule has 1 rings (SSSR count). The topological polar surface area (TPSA) is 70.3 Å². The summed E-state index contributed by atoms with van der Waals surface area (Å²) < 4.78 is 8.22. The molecule has 0 aromatic carbocycles. The van der Waals surface area contributed by atoms with Crippen LogP contribution in [0.4, 0.5) is 0 Å². The average molecular weight is 381 g/mol. The Morgan fingerprint density at radius 2 is 1.74 bits per heavy atom. The summed E-state index contributed by atoms with van der Waals surface area (Å²) in [6.07, 6.45) is 5.94. The summed E-state index contributed by atoms with van der Waals surface area (Å²) in [7, 11) is 1.49. The molecule has 154 valence electrons. The second-order valence-corrected chi connectivity index (χ2v) is 8.41. The standard InChI is InChI=1S/C21H36N2O4/c1-16(2)15-21(5,17(3)4)19(25)27-14-10-8-7-9-12-23-13-11-18(24)22(6)20(23)26/h11,13,16-17H,7-10,12,14-15H2,1-6H3. The monoisotopic (exact) mass is 380 g/mol. The van der Waals surface area contributed by atoms with Gasteiger partial charge in [0.05, 0.1) is 12.0 Å². The SMILES string of the molecule is CC(C)CC(C)(C(=O)OCCCCCCn1ccc(=O)n(C)c1=O)C(C)C. The van der Waals surface area contributed by atoms with Crippen LogP contribution in [0.25, 0.3) is 0 Å². The molecule has 0 fully saturated rings. The first kappa shape index (κ1) is 23.2. The lowest BCUT2D eigenvalue weighted by molar-refractivity contribution is -0.159. The first-order valence-corrected chi connectivity index (χ1v) is 10.0. The number of hydrogen-bond acceptors (Lipinski definition) is 4. The number of hydrogen-bond donors (Lipinski definition) is 0. The zero-order valence-corrected chi connectivity index (χ0v) is 17.8. The van der Waals surface area contributed by atoms with Crippen LogP contribution in [-0.2, 0) is 23.1 Å². The van der Waals surface area contributed by atoms with Crippen molar-refractivity contribution in [2.45, 2.75) is 73.3 Å². The summed E-state index contributed by atoms with van der Waals surface area (Å²) in [6.45, 7) is 11.4. The minimum Gasteiger partial charge on any atom is -0.465 e. The Morgan fingerprint density at radius 3 is 2.33 bits per heavy atom. The Hall–Kier alpha value is -1.85. The predicted octanol–water partition coefficient (Wildman–Crippen LogP) is 3.36. The van der Waals surface area contributed by atoms with E-state index in [1.54, 1.807) is 10.8 Å². The lowest BCUT2D eigenvalue weighted by Crippen LogP contribution is -2.36. The van der Waals surface area contributed by atoms with Gasteiger partial charge < -0.3 is 9.30 Å². The van der Waals surface area contributed by atoms with Crippen molar-refractivity contribution in [1.82, 2.24) is 9.13 Å². The number of aryl methyl sites for hydroxylation is 1. The fourth-order valence-electron chi connectivity index (χ4n) is 3.26. The van der Waals surface area contributed by atoms with Gasteiger partial charge in [-0.15, -0.1) is 0 Å². The van der Waals surface area contributed by atoms with Crippen LogP contribution in [0.5, 0.6) is 0 Å². The molecule has 0 N–H and O–H groups in total. The van der Waals surface area contributed by atoms with Gasteiger partial charge in [0.15, 0.2) is 0 Å². The zero-order chi connectivity index (χ0) is 20.6. The Labute approximate surface area is 162 Å². The van der Waals surface area contributed by atoms with Gasteiger partial charge in [-0.2, -0.15) is 0 Å². The summed E-state index contributed by atoms with van der Waals surface area (Å²) >= 11 is 0. The molecule has 1 aromatic heterocycles. The van der Waals surface area contributed by atoms with Gasteiger partial charge in [0.2, 0.25) is 0 Å². The zero-order valence-electron chi connectivity index (χ0n) is 17.8. The summed E-state index contributed by atoms with van der Waals surface area (Å²) in [5.74, 6) is 0.598. The van der Waals surface area contributed by atoms with Crippen molar-refractivity contribution in [3.8, 4) is 0 Å². The van der Waals surface area contributed by atoms with E-state index < -0.39 is 5.41 Å². The van der Waals surface area contributed by atoms with Crippen molar-refractivity contribution in [3.63, 3.8) is 0 Å². The van der Waals surface area contributed by atoms with E-state index in [0.717, 1.165) is 36.7 Å². The van der Waals surface area contributed by atoms with Crippen molar-refractivity contribution in [2.75, 3.05) is 6.61 Å². The molecular formula is C21H36N2O4. The summed E-state index contributed by atoms with van der Waals surface area (Å²) in [6, 6.07) is 1.41. The van der Waals surface area contributed by atoms with E-state index in [1.807, 2.05) is 6.92 Å². The molecule has 0 aliphatic rings. The van der Waals surface area contributed by atoms with E-state index >= 15 is 0 Å². The van der Waals surface area contributed by atoms with Gasteiger partial charge in [-0.05, 0) is 44.4 Å². The third-order valence-electron chi connectivity index (χ3n) is 5.36. The lowest BCUT2D eigenvalue weighted by Gasteiger charge is -2.32. The van der Waals surface area contributed by atoms with Gasteiger partial charge in [0.1, 0.15) is 0 Å². The second-order valence-electron chi connectivity index (χ2n) is 8.41. The predicted molar refractivity (Wildman–Crippen MR) is 108 cm³/mol. The number of carbonyl (C=O) groups excluding carboxylic acids is 1. The minimum absolute atomic E-state index is 0.0945. The molecule has 0 aliphatic heterocycles. The quantitative estimate of drug-likeness (QED) is 0.436. The Morgan fingerprint density at radius 1 is 1.11 bits per heavy atom. The van der Waals surface area contributed by atoms with Crippen LogP contribution in [0.1, 0.15) is 66.7 Å². The van der Waals surface area contributed by atoms with Crippen molar-refractivity contribution in [2.24, 2.45) is 24.3 Å². The highest BCUT2D eigenvalue weighted by Crippen LogP contribution is 2.35. The molecule has 0 bridgehead atoms. The molecule has 6 heteroatoms. The van der Waals surface area contributed by atoms with Crippen LogP contribution in [0.3, 0.4) is 0 Å². The third kappa shape index (κ3) is 6.67. The highest BCUT2D eigenvalue weighted by Gasteiger charge is 2.38. The van der Waals surface area contributed by atoms with Crippen LogP contribution in [-0.4, -0.2) is 21.7 Å². The minimum atomic E-state index is -0.432. The van der Waals surface area contributed by atoms with Gasteiger partial charge in [-0.3, -0.25) is 14.2 Å². The highest BCUT2D eigenvalue weighted by molar-refractivity contribution is 5.76. The number of carbonyl (C=O) groups is 1. The van der Waals surface area contributed by atoms with Crippen LogP contribution in [0.15, 0.2) is 21.9 Å². The van der Waals surface area contributed by atoms with E-state index in [0.29, 0.717) is 19.1 Å². The molecule has 1 unspecified atom stereocenters. The van der Waals surface area contributed by atoms with Gasteiger partial charge in [0, 0.05) is 25.9 Å². The largest absolute Gasteiger partial charge is 0.465 e. The second kappa shape index (κ2) is 10.5. The molecule has 0 aliphatic carbocycles. The Kier molecular flexibility index (Phi) is 9.00. The molecule has 0 saturated carbocycles. The number of ether oxygens (including phenoxy) is 1. The van der Waals surface area contributed by atoms with Crippen LogP contribution >= 0.6 is 0 Å². The van der Waals surface area contributed by atoms with E-state index in [9.17, 15) is 14.4 Å². The van der Waals surface area contributed by atoms with E-state index in [2.05, 4.69) is 27.7 Å². The molecule has 6 nitrogen and oxygen atoms in total. The number of rotatable bonds is 11. The van der Waals surface area contributed by atoms with Crippen LogP contribution < -0.4 is 11.2 Å². The van der Waals surface area contributed by atoms with Crippen LogP contribution in [0, 0.1) is 17.3 Å². The fraction of sp³-hybridized carbons (Fsp3) is 0.762. The van der Waals surface area contributed by atoms with Gasteiger partial charge in [0.25, 0.3) is 5.56 Å². The van der Waals surface area contributed by atoms with E-state index in [4.69, 9.17) is 4.74 Å².